The van der Waals surface area contributed by atoms with Gasteiger partial charge >= 0.3 is 0 Å². The van der Waals surface area contributed by atoms with Crippen LogP contribution < -0.4 is 0 Å². The van der Waals surface area contributed by atoms with Crippen LogP contribution in [0.3, 0.4) is 0 Å². The van der Waals surface area contributed by atoms with Gasteiger partial charge in [0.1, 0.15) is 0 Å². The van der Waals surface area contributed by atoms with Gasteiger partial charge in [-0.15, -0.1) is 0 Å². The van der Waals surface area contributed by atoms with E-state index < -0.39 is 0 Å². The molecule has 0 bridgehead atoms. The predicted octanol–water partition coefficient (Wildman–Crippen LogP) is 2.66. The molecule has 92 valence electrons. The molecule has 2 nitrogen and oxygen atoms in total. The third kappa shape index (κ3) is 2.24. The number of hydrogen-bond donors (Lipinski definition) is 1. The maximum atomic E-state index is 10.2. The molecule has 2 aliphatic rings. The summed E-state index contributed by atoms with van der Waals surface area (Å²) < 4.78 is 0. The van der Waals surface area contributed by atoms with Crippen molar-refractivity contribution in [3.8, 4) is 0 Å². The number of nitrogens with zero attached hydrogens (tertiary/aromatic N) is 1. The highest BCUT2D eigenvalue weighted by Gasteiger charge is 2.48. The maximum Gasteiger partial charge on any atom is 0.0917 e. The van der Waals surface area contributed by atoms with Gasteiger partial charge in [-0.1, -0.05) is 42.7 Å². The highest BCUT2D eigenvalue weighted by molar-refractivity contribution is 5.23. The van der Waals surface area contributed by atoms with Gasteiger partial charge in [-0.25, -0.2) is 0 Å². The fraction of sp³-hybridized carbons (Fsp3) is 0.600. The fourth-order valence-corrected chi connectivity index (χ4v) is 3.18. The Morgan fingerprint density at radius 1 is 1.18 bits per heavy atom. The van der Waals surface area contributed by atoms with Gasteiger partial charge in [-0.2, -0.15) is 0 Å². The van der Waals surface area contributed by atoms with Gasteiger partial charge in [0.25, 0.3) is 0 Å². The zero-order valence-electron chi connectivity index (χ0n) is 10.5. The van der Waals surface area contributed by atoms with Crippen molar-refractivity contribution in [3.63, 3.8) is 0 Å². The Morgan fingerprint density at radius 3 is 2.35 bits per heavy atom. The van der Waals surface area contributed by atoms with E-state index in [1.165, 1.54) is 31.2 Å². The summed E-state index contributed by atoms with van der Waals surface area (Å²) in [5, 5.41) is 10.2. The zero-order valence-corrected chi connectivity index (χ0v) is 10.5. The molecule has 1 aliphatic heterocycles. The number of likely N-dealkylation sites (tertiary alicyclic amines) is 1. The summed E-state index contributed by atoms with van der Waals surface area (Å²) in [5.41, 5.74) is 2.31. The first kappa shape index (κ1) is 11.2. The first-order chi connectivity index (χ1) is 8.25. The molecule has 1 aromatic rings. The van der Waals surface area contributed by atoms with Crippen molar-refractivity contribution >= 4 is 0 Å². The van der Waals surface area contributed by atoms with Crippen molar-refractivity contribution in [2.75, 3.05) is 6.54 Å². The lowest BCUT2D eigenvalue weighted by atomic mass is 10.0. The normalized spacial score (nSPS) is 32.9. The molecule has 0 spiro atoms. The average Bonchev–Trinajstić information content (AvgIpc) is 3.04. The van der Waals surface area contributed by atoms with Gasteiger partial charge in [0.2, 0.25) is 0 Å². The summed E-state index contributed by atoms with van der Waals surface area (Å²) in [5.74, 6) is 0. The molecule has 0 radical (unpaired) electrons. The number of fused-ring (bicyclic) bond motifs is 1. The van der Waals surface area contributed by atoms with Crippen molar-refractivity contribution in [1.82, 2.24) is 4.90 Å². The van der Waals surface area contributed by atoms with E-state index in [-0.39, 0.29) is 6.10 Å². The van der Waals surface area contributed by atoms with Crippen LogP contribution in [0, 0.1) is 6.92 Å². The molecular formula is C15H21NO. The van der Waals surface area contributed by atoms with E-state index in [0.717, 1.165) is 24.2 Å². The molecule has 3 unspecified atom stereocenters. The van der Waals surface area contributed by atoms with Crippen molar-refractivity contribution in [1.29, 1.82) is 0 Å². The van der Waals surface area contributed by atoms with E-state index in [9.17, 15) is 5.11 Å². The Hall–Kier alpha value is -0.860. The smallest absolute Gasteiger partial charge is 0.0917 e. The van der Waals surface area contributed by atoms with Crippen molar-refractivity contribution in [3.05, 3.63) is 35.4 Å². The van der Waals surface area contributed by atoms with Gasteiger partial charge < -0.3 is 5.11 Å². The van der Waals surface area contributed by atoms with Crippen LogP contribution in [-0.2, 0) is 0 Å². The Balaban J connectivity index is 1.60. The average molecular weight is 231 g/mol. The minimum Gasteiger partial charge on any atom is -0.387 e. The Kier molecular flexibility index (Phi) is 2.93. The lowest BCUT2D eigenvalue weighted by Gasteiger charge is -2.12. The highest BCUT2D eigenvalue weighted by Crippen LogP contribution is 2.41. The zero-order chi connectivity index (χ0) is 11.8. The van der Waals surface area contributed by atoms with Gasteiger partial charge in [-0.05, 0) is 25.3 Å². The molecule has 0 aromatic heterocycles. The second-order valence-corrected chi connectivity index (χ2v) is 5.54. The van der Waals surface area contributed by atoms with Crippen LogP contribution in [0.2, 0.25) is 0 Å². The summed E-state index contributed by atoms with van der Waals surface area (Å²) in [6, 6.07) is 9.81. The quantitative estimate of drug-likeness (QED) is 0.808. The van der Waals surface area contributed by atoms with E-state index in [1.807, 2.05) is 12.1 Å². The fourth-order valence-electron chi connectivity index (χ4n) is 3.18. The molecule has 1 N–H and O–H groups in total. The van der Waals surface area contributed by atoms with Crippen LogP contribution in [0.4, 0.5) is 0 Å². The SMILES string of the molecule is Cc1ccc(C(O)CN2C3CCCCC32)cc1. The third-order valence-electron chi connectivity index (χ3n) is 4.30. The van der Waals surface area contributed by atoms with Gasteiger partial charge in [0.05, 0.1) is 6.10 Å². The second kappa shape index (κ2) is 4.43. The summed E-state index contributed by atoms with van der Waals surface area (Å²) in [7, 11) is 0. The first-order valence-electron chi connectivity index (χ1n) is 6.76. The molecule has 3 atom stereocenters. The molecule has 1 saturated carbocycles. The summed E-state index contributed by atoms with van der Waals surface area (Å²) in [6.07, 6.45) is 5.11. The van der Waals surface area contributed by atoms with Crippen LogP contribution in [0.25, 0.3) is 0 Å². The van der Waals surface area contributed by atoms with Crippen molar-refractivity contribution in [2.45, 2.75) is 50.8 Å². The Morgan fingerprint density at radius 2 is 1.76 bits per heavy atom. The Labute approximate surface area is 103 Å². The number of rotatable bonds is 3. The molecule has 2 fully saturated rings. The predicted molar refractivity (Wildman–Crippen MR) is 68.9 cm³/mol. The van der Waals surface area contributed by atoms with Crippen LogP contribution in [0.1, 0.15) is 42.9 Å². The van der Waals surface area contributed by atoms with Crippen LogP contribution >= 0.6 is 0 Å². The van der Waals surface area contributed by atoms with Crippen molar-refractivity contribution in [2.24, 2.45) is 0 Å². The number of aliphatic hydroxyl groups is 1. The van der Waals surface area contributed by atoms with Crippen LogP contribution in [0.15, 0.2) is 24.3 Å². The number of hydrogen-bond acceptors (Lipinski definition) is 2. The van der Waals surface area contributed by atoms with E-state index in [2.05, 4.69) is 24.0 Å². The third-order valence-corrected chi connectivity index (χ3v) is 4.30. The number of aryl methyl sites for hydroxylation is 1. The van der Waals surface area contributed by atoms with Gasteiger partial charge in [-0.3, -0.25) is 4.90 Å². The number of benzene rings is 1. The molecule has 0 amide bonds. The van der Waals surface area contributed by atoms with Gasteiger partial charge in [0, 0.05) is 18.6 Å². The molecule has 3 rings (SSSR count). The van der Waals surface area contributed by atoms with Crippen LogP contribution in [0.5, 0.6) is 0 Å². The first-order valence-corrected chi connectivity index (χ1v) is 6.76. The molecule has 1 saturated heterocycles. The Bertz CT molecular complexity index is 374. The second-order valence-electron chi connectivity index (χ2n) is 5.54. The number of β-amino-alcohol motifs (C(OH)–C–C–N with tert-alkyl or cyclic N) is 1. The highest BCUT2D eigenvalue weighted by atomic mass is 16.3. The molecular weight excluding hydrogens is 210 g/mol. The minimum absolute atomic E-state index is 0.318. The lowest BCUT2D eigenvalue weighted by Crippen LogP contribution is -2.14. The monoisotopic (exact) mass is 231 g/mol. The minimum atomic E-state index is -0.318. The summed E-state index contributed by atoms with van der Waals surface area (Å²) in [4.78, 5) is 2.48. The molecule has 1 aromatic carbocycles. The topological polar surface area (TPSA) is 23.2 Å². The molecule has 1 aliphatic carbocycles. The van der Waals surface area contributed by atoms with Crippen LogP contribution in [-0.4, -0.2) is 28.6 Å². The lowest BCUT2D eigenvalue weighted by molar-refractivity contribution is 0.150. The summed E-state index contributed by atoms with van der Waals surface area (Å²) >= 11 is 0. The largest absolute Gasteiger partial charge is 0.387 e. The van der Waals surface area contributed by atoms with E-state index >= 15 is 0 Å². The van der Waals surface area contributed by atoms with E-state index in [0.29, 0.717) is 0 Å². The van der Waals surface area contributed by atoms with E-state index in [1.54, 1.807) is 0 Å². The maximum absolute atomic E-state index is 10.2. The van der Waals surface area contributed by atoms with E-state index in [4.69, 9.17) is 0 Å². The van der Waals surface area contributed by atoms with Gasteiger partial charge in [0.15, 0.2) is 0 Å². The van der Waals surface area contributed by atoms with Crippen molar-refractivity contribution < 1.29 is 5.11 Å². The molecule has 2 heteroatoms. The standard InChI is InChI=1S/C15H21NO/c1-11-6-8-12(9-7-11)15(17)10-16-13-4-2-3-5-14(13)16/h6-9,13-15,17H,2-5,10H2,1H3. The molecule has 1 heterocycles. The summed E-state index contributed by atoms with van der Waals surface area (Å²) in [6.45, 7) is 2.90. The number of aliphatic hydroxyl groups excluding tert-OH is 1. The molecule has 17 heavy (non-hydrogen) atoms.